The van der Waals surface area contributed by atoms with Crippen LogP contribution in [0, 0.1) is 24.0 Å². The summed E-state index contributed by atoms with van der Waals surface area (Å²) < 4.78 is 53.0. The number of aromatic nitrogens is 5. The number of halogens is 3. The summed E-state index contributed by atoms with van der Waals surface area (Å²) in [5.74, 6) is 1.03. The van der Waals surface area contributed by atoms with Crippen LogP contribution in [-0.2, 0) is 4.79 Å². The molecule has 5 aromatic rings. The maximum atomic E-state index is 17.0. The highest BCUT2D eigenvalue weighted by molar-refractivity contribution is 6.03. The molecular weight excluding hydrogens is 685 g/mol. The number of rotatable bonds is 10. The molecule has 0 bridgehead atoms. The van der Waals surface area contributed by atoms with Gasteiger partial charge in [-0.1, -0.05) is 31.4 Å². The molecule has 14 heteroatoms. The maximum absolute atomic E-state index is 17.0. The molecular formula is C39H37F3N8O3. The lowest BCUT2D eigenvalue weighted by atomic mass is 9.95. The monoisotopic (exact) mass is 722 g/mol. The van der Waals surface area contributed by atoms with Crippen LogP contribution >= 0.6 is 0 Å². The molecule has 272 valence electrons. The third kappa shape index (κ3) is 6.41. The second-order valence-corrected chi connectivity index (χ2v) is 13.8. The number of carbonyl (C=O) groups is 1. The lowest BCUT2D eigenvalue weighted by Crippen LogP contribution is -2.51. The van der Waals surface area contributed by atoms with Crippen molar-refractivity contribution in [3.63, 3.8) is 0 Å². The topological polar surface area (TPSA) is 129 Å². The highest BCUT2D eigenvalue weighted by Gasteiger charge is 2.44. The summed E-state index contributed by atoms with van der Waals surface area (Å²) in [6.07, 6.45) is 13.5. The number of hydrogen-bond acceptors (Lipinski definition) is 10. The number of fused-ring (bicyclic) bond motifs is 2. The number of phenolic OH excluding ortho intramolecular Hbond substituents is 1. The van der Waals surface area contributed by atoms with Gasteiger partial charge in [0.05, 0.1) is 28.6 Å². The Labute approximate surface area is 304 Å². The van der Waals surface area contributed by atoms with Crippen molar-refractivity contribution in [1.82, 2.24) is 29.8 Å². The molecule has 11 nitrogen and oxygen atoms in total. The van der Waals surface area contributed by atoms with E-state index < -0.39 is 28.9 Å². The number of ether oxygens (including phenoxy) is 1. The van der Waals surface area contributed by atoms with Crippen molar-refractivity contribution in [2.75, 3.05) is 37.0 Å². The molecule has 1 aliphatic heterocycles. The van der Waals surface area contributed by atoms with Crippen molar-refractivity contribution in [3.05, 3.63) is 78.9 Å². The third-order valence-corrected chi connectivity index (χ3v) is 10.5. The number of pyridine rings is 1. The van der Waals surface area contributed by atoms with Crippen molar-refractivity contribution in [1.29, 1.82) is 0 Å². The molecule has 1 saturated heterocycles. The molecule has 2 atom stereocenters. The predicted molar refractivity (Wildman–Crippen MR) is 195 cm³/mol. The smallest absolute Gasteiger partial charge is 0.319 e. The van der Waals surface area contributed by atoms with Gasteiger partial charge < -0.3 is 25.0 Å². The minimum atomic E-state index is -1.16. The zero-order valence-electron chi connectivity index (χ0n) is 29.2. The first-order chi connectivity index (χ1) is 25.5. The molecule has 4 heterocycles. The largest absolute Gasteiger partial charge is 0.508 e. The Kier molecular flexibility index (Phi) is 9.27. The molecule has 3 aromatic heterocycles. The van der Waals surface area contributed by atoms with Gasteiger partial charge in [0.25, 0.3) is 0 Å². The molecule has 7 rings (SSSR count). The molecule has 2 fully saturated rings. The van der Waals surface area contributed by atoms with E-state index >= 15 is 4.39 Å². The molecule has 1 amide bonds. The zero-order valence-corrected chi connectivity index (χ0v) is 29.2. The summed E-state index contributed by atoms with van der Waals surface area (Å²) in [6, 6.07) is 6.77. The van der Waals surface area contributed by atoms with E-state index in [0.29, 0.717) is 11.2 Å². The average Bonchev–Trinajstić information content (AvgIpc) is 3.77. The summed E-state index contributed by atoms with van der Waals surface area (Å²) in [5, 5.41) is 14.7. The molecule has 2 aromatic carbocycles. The summed E-state index contributed by atoms with van der Waals surface area (Å²) in [7, 11) is 1.73. The lowest BCUT2D eigenvalue weighted by molar-refractivity contribution is -0.129. The summed E-state index contributed by atoms with van der Waals surface area (Å²) in [4.78, 5) is 38.1. The predicted octanol–water partition coefficient (Wildman–Crippen LogP) is 6.36. The quantitative estimate of drug-likeness (QED) is 0.124. The van der Waals surface area contributed by atoms with E-state index in [0.717, 1.165) is 25.7 Å². The van der Waals surface area contributed by atoms with Crippen molar-refractivity contribution in [2.24, 2.45) is 0 Å². The van der Waals surface area contributed by atoms with Crippen LogP contribution in [0.1, 0.15) is 44.6 Å². The van der Waals surface area contributed by atoms with E-state index in [2.05, 4.69) is 42.7 Å². The van der Waals surface area contributed by atoms with Gasteiger partial charge in [-0.3, -0.25) is 9.78 Å². The highest BCUT2D eigenvalue weighted by atomic mass is 19.1. The minimum Gasteiger partial charge on any atom is -0.508 e. The van der Waals surface area contributed by atoms with Gasteiger partial charge in [0.1, 0.15) is 53.5 Å². The van der Waals surface area contributed by atoms with Crippen LogP contribution in [0.4, 0.5) is 24.8 Å². The number of alkyl halides is 1. The minimum absolute atomic E-state index is 0.0601. The first-order valence-electron chi connectivity index (χ1n) is 17.2. The van der Waals surface area contributed by atoms with Gasteiger partial charge in [-0.15, -0.1) is 6.42 Å². The number of terminal acetylenes is 1. The fourth-order valence-corrected chi connectivity index (χ4v) is 7.70. The molecule has 53 heavy (non-hydrogen) atoms. The average molecular weight is 723 g/mol. The van der Waals surface area contributed by atoms with Crippen molar-refractivity contribution in [3.8, 4) is 35.4 Å². The summed E-state index contributed by atoms with van der Waals surface area (Å²) in [6.45, 7) is 5.76. The number of nitrogens with one attached hydrogen (secondary N) is 1. The van der Waals surface area contributed by atoms with E-state index in [9.17, 15) is 18.7 Å². The van der Waals surface area contributed by atoms with Crippen LogP contribution in [0.3, 0.4) is 0 Å². The van der Waals surface area contributed by atoms with Gasteiger partial charge in [0.2, 0.25) is 5.91 Å². The number of aromatic hydroxyl groups is 1. The van der Waals surface area contributed by atoms with Gasteiger partial charge in [-0.2, -0.15) is 9.97 Å². The van der Waals surface area contributed by atoms with Gasteiger partial charge >= 0.3 is 6.01 Å². The van der Waals surface area contributed by atoms with Crippen LogP contribution in [-0.4, -0.2) is 84.8 Å². The first-order valence-corrected chi connectivity index (χ1v) is 17.2. The number of carbonyl (C=O) groups excluding carboxylic acids is 1. The van der Waals surface area contributed by atoms with Crippen LogP contribution in [0.25, 0.3) is 32.9 Å². The second-order valence-electron chi connectivity index (χ2n) is 13.8. The molecule has 0 unspecified atom stereocenters. The molecule has 1 saturated carbocycles. The van der Waals surface area contributed by atoms with Gasteiger partial charge in [0, 0.05) is 43.4 Å². The number of amides is 1. The third-order valence-electron chi connectivity index (χ3n) is 10.5. The Morgan fingerprint density at radius 3 is 2.74 bits per heavy atom. The van der Waals surface area contributed by atoms with E-state index in [1.54, 1.807) is 29.1 Å². The van der Waals surface area contributed by atoms with Crippen LogP contribution in [0.2, 0.25) is 0 Å². The van der Waals surface area contributed by atoms with Gasteiger partial charge in [-0.05, 0) is 55.5 Å². The number of nitrogens with zero attached hydrogens (tertiary/aromatic N) is 7. The van der Waals surface area contributed by atoms with E-state index in [1.165, 1.54) is 42.9 Å². The van der Waals surface area contributed by atoms with Crippen molar-refractivity contribution < 1.29 is 27.8 Å². The number of hydrogen-bond donors (Lipinski definition) is 2. The molecule has 2 N–H and O–H groups in total. The maximum Gasteiger partial charge on any atom is 0.319 e. The van der Waals surface area contributed by atoms with Crippen LogP contribution in [0.5, 0.6) is 11.8 Å². The highest BCUT2D eigenvalue weighted by Crippen LogP contribution is 2.40. The molecule has 2 aliphatic rings. The number of benzene rings is 2. The van der Waals surface area contributed by atoms with Crippen LogP contribution in [0.15, 0.2) is 61.7 Å². The fraction of sp³-hybridized carbons (Fsp3) is 0.333. The van der Waals surface area contributed by atoms with E-state index in [4.69, 9.17) is 11.2 Å². The Hall–Kier alpha value is -5.97. The second kappa shape index (κ2) is 13.9. The summed E-state index contributed by atoms with van der Waals surface area (Å²) >= 11 is 0. The fourth-order valence-electron chi connectivity index (χ4n) is 7.70. The molecule has 0 spiro atoms. The van der Waals surface area contributed by atoms with Gasteiger partial charge in [0.15, 0.2) is 5.82 Å². The van der Waals surface area contributed by atoms with Crippen molar-refractivity contribution in [2.45, 2.75) is 56.3 Å². The Bertz CT molecular complexity index is 2280. The lowest BCUT2D eigenvalue weighted by Gasteiger charge is -2.38. The van der Waals surface area contributed by atoms with Crippen molar-refractivity contribution >= 4 is 39.2 Å². The molecule has 0 radical (unpaired) electrons. The van der Waals surface area contributed by atoms with Crippen LogP contribution < -0.4 is 15.0 Å². The number of anilines is 2. The Balaban J connectivity index is 1.34. The van der Waals surface area contributed by atoms with E-state index in [1.807, 2.05) is 6.92 Å². The number of likely N-dealkylation sites (N-methyl/N-ethyl adjacent to an activating group) is 1. The molecule has 1 aliphatic carbocycles. The Morgan fingerprint density at radius 2 is 2.02 bits per heavy atom. The summed E-state index contributed by atoms with van der Waals surface area (Å²) in [5.41, 5.74) is -1.92. The van der Waals surface area contributed by atoms with Gasteiger partial charge in [-0.25, -0.2) is 23.1 Å². The standard InChI is InChI=1S/C39H37F3N8O3/c1-5-26-29(41)10-9-23-15-25(51)16-27(32(23)26)34-33(42)35-28(18-44-34)36(45-20-39(12-7-8-13-39)49(4)31(52)6-2)48-37(47-35)53-21-38(3)17-24(40)19-50(38)30-11-14-43-22-46-30/h1,6,9-11,14-16,18,22,24,51H,2,7-8,12-13,17,19-21H2,3-4H3,(H,45,47,48)/t24-,38+/m1/s1. The number of phenols is 1. The SMILES string of the molecule is C#Cc1c(F)ccc2cc(O)cc(-c3ncc4c(NCC5(N(C)C(=O)C=C)CCCC5)nc(OC[C@]5(C)C[C@@H](F)CN5c5ccncn5)nc4c3F)c12. The Morgan fingerprint density at radius 1 is 1.23 bits per heavy atom. The van der Waals surface area contributed by atoms with E-state index in [-0.39, 0.29) is 82.7 Å². The normalized spacial score (nSPS) is 19.3. The zero-order chi connectivity index (χ0) is 37.5. The first kappa shape index (κ1) is 35.4.